The quantitative estimate of drug-likeness (QED) is 0.619. The summed E-state index contributed by atoms with van der Waals surface area (Å²) >= 11 is 1.36. The topological polar surface area (TPSA) is 38.9 Å². The largest absolute Gasteiger partial charge is 0.389 e. The van der Waals surface area contributed by atoms with Crippen LogP contribution in [0, 0.1) is 0 Å². The van der Waals surface area contributed by atoms with Gasteiger partial charge in [0.1, 0.15) is 5.00 Å². The molecule has 3 heteroatoms. The third-order valence-corrected chi connectivity index (χ3v) is 1.59. The zero-order valence-electron chi connectivity index (χ0n) is 4.72. The number of hydrogen-bond acceptors (Lipinski definition) is 3. The molecule has 0 aliphatic heterocycles. The van der Waals surface area contributed by atoms with E-state index in [1.807, 2.05) is 6.07 Å². The van der Waals surface area contributed by atoms with Gasteiger partial charge in [-0.2, -0.15) is 4.37 Å². The van der Waals surface area contributed by atoms with Gasteiger partial charge >= 0.3 is 0 Å². The molecule has 8 heavy (non-hydrogen) atoms. The highest BCUT2D eigenvalue weighted by Crippen LogP contribution is 2.10. The van der Waals surface area contributed by atoms with Gasteiger partial charge < -0.3 is 5.73 Å². The number of aromatic nitrogens is 1. The zero-order chi connectivity index (χ0) is 5.98. The second kappa shape index (κ2) is 2.13. The Kier molecular flexibility index (Phi) is 1.48. The van der Waals surface area contributed by atoms with Crippen LogP contribution < -0.4 is 5.73 Å². The molecule has 0 unspecified atom stereocenters. The molecule has 44 valence electrons. The van der Waals surface area contributed by atoms with Gasteiger partial charge in [-0.05, 0) is 24.0 Å². The van der Waals surface area contributed by atoms with Crippen LogP contribution in [-0.4, -0.2) is 4.37 Å². The van der Waals surface area contributed by atoms with Gasteiger partial charge in [-0.25, -0.2) is 0 Å². The monoisotopic (exact) mass is 128 g/mol. The lowest BCUT2D eigenvalue weighted by molar-refractivity contribution is 1.09. The lowest BCUT2D eigenvalue weighted by Gasteiger charge is -1.77. The molecule has 1 aromatic heterocycles. The van der Waals surface area contributed by atoms with Crippen molar-refractivity contribution in [3.63, 3.8) is 0 Å². The Morgan fingerprint density at radius 3 is 2.88 bits per heavy atom. The van der Waals surface area contributed by atoms with Crippen molar-refractivity contribution in [1.82, 2.24) is 4.37 Å². The fourth-order valence-electron chi connectivity index (χ4n) is 0.495. The van der Waals surface area contributed by atoms with Gasteiger partial charge in [0.15, 0.2) is 0 Å². The van der Waals surface area contributed by atoms with Gasteiger partial charge in [-0.3, -0.25) is 0 Å². The minimum Gasteiger partial charge on any atom is -0.389 e. The smallest absolute Gasteiger partial charge is 0.107 e. The first-order chi connectivity index (χ1) is 3.83. The van der Waals surface area contributed by atoms with Crippen LogP contribution in [-0.2, 0) is 6.42 Å². The van der Waals surface area contributed by atoms with Crippen LogP contribution in [0.1, 0.15) is 12.6 Å². The molecule has 1 rings (SSSR count). The third kappa shape index (κ3) is 0.980. The van der Waals surface area contributed by atoms with Crippen molar-refractivity contribution >= 4 is 16.5 Å². The molecule has 0 aliphatic carbocycles. The van der Waals surface area contributed by atoms with Gasteiger partial charge in [0.2, 0.25) is 0 Å². The number of hydrogen-bond donors (Lipinski definition) is 1. The predicted molar refractivity (Wildman–Crippen MR) is 35.9 cm³/mol. The van der Waals surface area contributed by atoms with Crippen LogP contribution in [0.25, 0.3) is 0 Å². The maximum absolute atomic E-state index is 5.41. The molecule has 0 amide bonds. The highest BCUT2D eigenvalue weighted by Gasteiger charge is 1.92. The summed E-state index contributed by atoms with van der Waals surface area (Å²) in [4.78, 5) is 0. The van der Waals surface area contributed by atoms with Crippen LogP contribution in [0.5, 0.6) is 0 Å². The Hall–Kier alpha value is -0.570. The maximum Gasteiger partial charge on any atom is 0.107 e. The average Bonchev–Trinajstić information content (AvgIpc) is 2.14. The lowest BCUT2D eigenvalue weighted by atomic mass is 10.3. The van der Waals surface area contributed by atoms with E-state index in [1.54, 1.807) is 0 Å². The van der Waals surface area contributed by atoms with Crippen molar-refractivity contribution in [2.45, 2.75) is 13.3 Å². The van der Waals surface area contributed by atoms with Crippen molar-refractivity contribution in [3.05, 3.63) is 11.8 Å². The van der Waals surface area contributed by atoms with E-state index < -0.39 is 0 Å². The molecule has 0 saturated carbocycles. The third-order valence-electron chi connectivity index (χ3n) is 0.939. The Balaban J connectivity index is 2.84. The average molecular weight is 128 g/mol. The Morgan fingerprint density at radius 1 is 1.88 bits per heavy atom. The molecule has 0 radical (unpaired) electrons. The molecule has 1 heterocycles. The summed E-state index contributed by atoms with van der Waals surface area (Å²) in [5.74, 6) is 0. The van der Waals surface area contributed by atoms with Gasteiger partial charge in [-0.15, -0.1) is 0 Å². The van der Waals surface area contributed by atoms with Crippen molar-refractivity contribution in [2.75, 3.05) is 5.73 Å². The highest BCUT2D eigenvalue weighted by molar-refractivity contribution is 7.09. The molecule has 0 bridgehead atoms. The first-order valence-corrected chi connectivity index (χ1v) is 3.31. The SMILES string of the molecule is CCc1cc(N)sn1. The molecular formula is C5H8N2S. The number of aryl methyl sites for hydroxylation is 1. The molecular weight excluding hydrogens is 120 g/mol. The van der Waals surface area contributed by atoms with E-state index in [0.717, 1.165) is 17.1 Å². The van der Waals surface area contributed by atoms with E-state index in [-0.39, 0.29) is 0 Å². The number of anilines is 1. The molecule has 0 spiro atoms. The second-order valence-corrected chi connectivity index (χ2v) is 2.41. The first-order valence-electron chi connectivity index (χ1n) is 2.54. The summed E-state index contributed by atoms with van der Waals surface area (Å²) in [5, 5.41) is 0.807. The number of rotatable bonds is 1. The van der Waals surface area contributed by atoms with E-state index in [4.69, 9.17) is 5.73 Å². The van der Waals surface area contributed by atoms with Gasteiger partial charge in [0, 0.05) is 0 Å². The molecule has 0 fully saturated rings. The fourth-order valence-corrected chi connectivity index (χ4v) is 1.09. The van der Waals surface area contributed by atoms with E-state index in [0.29, 0.717) is 0 Å². The molecule has 0 saturated heterocycles. The van der Waals surface area contributed by atoms with Crippen LogP contribution in [0.3, 0.4) is 0 Å². The summed E-state index contributed by atoms with van der Waals surface area (Å²) in [5.41, 5.74) is 6.50. The molecule has 2 nitrogen and oxygen atoms in total. The standard InChI is InChI=1S/C5H8N2S/c1-2-4-3-5(6)8-7-4/h3H,2,6H2,1H3. The number of nitrogen functional groups attached to an aromatic ring is 1. The van der Waals surface area contributed by atoms with E-state index >= 15 is 0 Å². The van der Waals surface area contributed by atoms with Crippen molar-refractivity contribution < 1.29 is 0 Å². The highest BCUT2D eigenvalue weighted by atomic mass is 32.1. The van der Waals surface area contributed by atoms with Crippen molar-refractivity contribution in [2.24, 2.45) is 0 Å². The zero-order valence-corrected chi connectivity index (χ0v) is 5.53. The summed E-state index contributed by atoms with van der Waals surface area (Å²) in [6.45, 7) is 2.06. The second-order valence-electron chi connectivity index (χ2n) is 1.57. The Bertz CT molecular complexity index is 171. The lowest BCUT2D eigenvalue weighted by Crippen LogP contribution is -1.76. The molecule has 2 N–H and O–H groups in total. The predicted octanol–water partition coefficient (Wildman–Crippen LogP) is 1.29. The van der Waals surface area contributed by atoms with Crippen LogP contribution in [0.2, 0.25) is 0 Å². The summed E-state index contributed by atoms with van der Waals surface area (Å²) < 4.78 is 4.05. The minimum absolute atomic E-state index is 0.807. The fraction of sp³-hybridized carbons (Fsp3) is 0.400. The Labute approximate surface area is 52.5 Å². The molecule has 0 atom stereocenters. The molecule has 0 aliphatic rings. The van der Waals surface area contributed by atoms with E-state index in [1.165, 1.54) is 11.5 Å². The summed E-state index contributed by atoms with van der Waals surface area (Å²) in [7, 11) is 0. The van der Waals surface area contributed by atoms with E-state index in [9.17, 15) is 0 Å². The molecule has 0 aromatic carbocycles. The van der Waals surface area contributed by atoms with E-state index in [2.05, 4.69) is 11.3 Å². The molecule has 1 aromatic rings. The summed E-state index contributed by atoms with van der Waals surface area (Å²) in [6, 6.07) is 1.91. The van der Waals surface area contributed by atoms with Crippen molar-refractivity contribution in [1.29, 1.82) is 0 Å². The first kappa shape index (κ1) is 5.56. The number of nitrogens with two attached hydrogens (primary N) is 1. The van der Waals surface area contributed by atoms with Gasteiger partial charge in [-0.1, -0.05) is 6.92 Å². The van der Waals surface area contributed by atoms with Crippen LogP contribution >= 0.6 is 11.5 Å². The van der Waals surface area contributed by atoms with Crippen LogP contribution in [0.4, 0.5) is 5.00 Å². The minimum atomic E-state index is 0.807. The maximum atomic E-state index is 5.41. The normalized spacial score (nSPS) is 9.62. The summed E-state index contributed by atoms with van der Waals surface area (Å²) in [6.07, 6.45) is 0.980. The van der Waals surface area contributed by atoms with Crippen molar-refractivity contribution in [3.8, 4) is 0 Å². The van der Waals surface area contributed by atoms with Gasteiger partial charge in [0.05, 0.1) is 5.69 Å². The van der Waals surface area contributed by atoms with Crippen LogP contribution in [0.15, 0.2) is 6.07 Å². The Morgan fingerprint density at radius 2 is 2.62 bits per heavy atom. The number of nitrogens with zero attached hydrogens (tertiary/aromatic N) is 1. The van der Waals surface area contributed by atoms with Gasteiger partial charge in [0.25, 0.3) is 0 Å².